The van der Waals surface area contributed by atoms with Crippen molar-refractivity contribution in [3.8, 4) is 0 Å². The number of benzene rings is 2. The van der Waals surface area contributed by atoms with Gasteiger partial charge in [0.2, 0.25) is 15.9 Å². The van der Waals surface area contributed by atoms with E-state index < -0.39 is 26.8 Å². The Hall–Kier alpha value is -3.11. The van der Waals surface area contributed by atoms with Crippen LogP contribution in [0.5, 0.6) is 0 Å². The highest BCUT2D eigenvalue weighted by Crippen LogP contribution is 2.17. The SMILES string of the molecule is O=C(C=Cc1ccc([N+](=O)[O-])cc1)N1CCCC(NS(=O)(=O)c2cccc(F)c2)C1. The van der Waals surface area contributed by atoms with Crippen molar-refractivity contribution < 1.29 is 22.5 Å². The molecule has 0 radical (unpaired) electrons. The zero-order valence-corrected chi connectivity index (χ0v) is 16.7. The number of nitrogens with zero attached hydrogens (tertiary/aromatic N) is 2. The monoisotopic (exact) mass is 433 g/mol. The van der Waals surface area contributed by atoms with Crippen molar-refractivity contribution in [2.45, 2.75) is 23.8 Å². The lowest BCUT2D eigenvalue weighted by molar-refractivity contribution is -0.384. The van der Waals surface area contributed by atoms with Crippen LogP contribution in [0.15, 0.2) is 59.5 Å². The predicted molar refractivity (Wildman–Crippen MR) is 108 cm³/mol. The Morgan fingerprint density at radius 2 is 1.97 bits per heavy atom. The number of piperidine rings is 1. The summed E-state index contributed by atoms with van der Waals surface area (Å²) in [6.45, 7) is 0.680. The van der Waals surface area contributed by atoms with Crippen LogP contribution in [-0.4, -0.2) is 43.3 Å². The maximum atomic E-state index is 13.3. The lowest BCUT2D eigenvalue weighted by Gasteiger charge is -2.32. The first-order valence-corrected chi connectivity index (χ1v) is 10.7. The highest BCUT2D eigenvalue weighted by molar-refractivity contribution is 7.89. The van der Waals surface area contributed by atoms with E-state index in [2.05, 4.69) is 4.72 Å². The zero-order chi connectivity index (χ0) is 21.7. The van der Waals surface area contributed by atoms with Crippen molar-refractivity contribution >= 4 is 27.7 Å². The number of sulfonamides is 1. The van der Waals surface area contributed by atoms with Crippen molar-refractivity contribution in [2.75, 3.05) is 13.1 Å². The molecule has 1 amide bonds. The molecule has 1 atom stereocenters. The van der Waals surface area contributed by atoms with Gasteiger partial charge in [0.1, 0.15) is 5.82 Å². The minimum absolute atomic E-state index is 0.0390. The standard InChI is InChI=1S/C20H20FN3O5S/c21-16-3-1-5-19(13-16)30(28,29)22-17-4-2-12-23(14-17)20(25)11-8-15-6-9-18(10-7-15)24(26)27/h1,3,5-11,13,17,22H,2,4,12,14H2. The van der Waals surface area contributed by atoms with Gasteiger partial charge >= 0.3 is 0 Å². The van der Waals surface area contributed by atoms with Crippen molar-refractivity contribution in [3.63, 3.8) is 0 Å². The summed E-state index contributed by atoms with van der Waals surface area (Å²) in [5, 5.41) is 10.7. The Morgan fingerprint density at radius 1 is 1.23 bits per heavy atom. The van der Waals surface area contributed by atoms with E-state index in [1.807, 2.05) is 0 Å². The number of carbonyl (C=O) groups is 1. The fourth-order valence-corrected chi connectivity index (χ4v) is 4.47. The second kappa shape index (κ2) is 9.14. The molecular weight excluding hydrogens is 413 g/mol. The molecule has 1 fully saturated rings. The molecule has 0 saturated carbocycles. The molecule has 0 aromatic heterocycles. The first kappa shape index (κ1) is 21.6. The van der Waals surface area contributed by atoms with Crippen molar-refractivity contribution in [1.29, 1.82) is 0 Å². The maximum Gasteiger partial charge on any atom is 0.269 e. The topological polar surface area (TPSA) is 110 Å². The Balaban J connectivity index is 1.62. The van der Waals surface area contributed by atoms with Crippen molar-refractivity contribution in [3.05, 3.63) is 76.1 Å². The van der Waals surface area contributed by atoms with Crippen LogP contribution in [0.2, 0.25) is 0 Å². The Kier molecular flexibility index (Phi) is 6.58. The van der Waals surface area contributed by atoms with Gasteiger partial charge in [0.15, 0.2) is 0 Å². The van der Waals surface area contributed by atoms with Crippen LogP contribution in [0.25, 0.3) is 6.08 Å². The van der Waals surface area contributed by atoms with Crippen molar-refractivity contribution in [2.24, 2.45) is 0 Å². The molecule has 1 aliphatic rings. The quantitative estimate of drug-likeness (QED) is 0.428. The van der Waals surface area contributed by atoms with Gasteiger partial charge in [-0.1, -0.05) is 6.07 Å². The van der Waals surface area contributed by atoms with Crippen LogP contribution in [0.3, 0.4) is 0 Å². The molecule has 1 aliphatic heterocycles. The van der Waals surface area contributed by atoms with Gasteiger partial charge in [0.25, 0.3) is 5.69 Å². The number of carbonyl (C=O) groups excluding carboxylic acids is 1. The number of likely N-dealkylation sites (tertiary alicyclic amines) is 1. The Labute approximate surface area is 173 Å². The molecule has 0 aliphatic carbocycles. The van der Waals surface area contributed by atoms with Crippen LogP contribution in [0.1, 0.15) is 18.4 Å². The van der Waals surface area contributed by atoms with Crippen LogP contribution in [-0.2, 0) is 14.8 Å². The van der Waals surface area contributed by atoms with E-state index in [0.717, 1.165) is 12.1 Å². The third kappa shape index (κ3) is 5.49. The molecule has 158 valence electrons. The molecule has 30 heavy (non-hydrogen) atoms. The lowest BCUT2D eigenvalue weighted by Crippen LogP contribution is -2.49. The van der Waals surface area contributed by atoms with Gasteiger partial charge in [-0.2, -0.15) is 0 Å². The van der Waals surface area contributed by atoms with Crippen molar-refractivity contribution in [1.82, 2.24) is 9.62 Å². The van der Waals surface area contributed by atoms with E-state index in [-0.39, 0.29) is 23.0 Å². The maximum absolute atomic E-state index is 13.3. The molecular formula is C20H20FN3O5S. The van der Waals surface area contributed by atoms with Gasteiger partial charge in [0.05, 0.1) is 9.82 Å². The van der Waals surface area contributed by atoms with E-state index in [4.69, 9.17) is 0 Å². The largest absolute Gasteiger partial charge is 0.338 e. The number of amides is 1. The number of rotatable bonds is 6. The van der Waals surface area contributed by atoms with Gasteiger partial charge < -0.3 is 4.90 Å². The summed E-state index contributed by atoms with van der Waals surface area (Å²) < 4.78 is 40.8. The number of hydrogen-bond acceptors (Lipinski definition) is 5. The first-order chi connectivity index (χ1) is 14.2. The van der Waals surface area contributed by atoms with Gasteiger partial charge in [-0.15, -0.1) is 0 Å². The Morgan fingerprint density at radius 3 is 2.63 bits per heavy atom. The summed E-state index contributed by atoms with van der Waals surface area (Å²) in [4.78, 5) is 24.0. The second-order valence-corrected chi connectivity index (χ2v) is 8.60. The normalized spacial score (nSPS) is 17.2. The van der Waals surface area contributed by atoms with Gasteiger partial charge in [-0.25, -0.2) is 17.5 Å². The molecule has 3 rings (SSSR count). The molecule has 1 N–H and O–H groups in total. The van der Waals surface area contributed by atoms with E-state index in [9.17, 15) is 27.7 Å². The fraction of sp³-hybridized carbons (Fsp3) is 0.250. The predicted octanol–water partition coefficient (Wildman–Crippen LogP) is 2.72. The van der Waals surface area contributed by atoms with Gasteiger partial charge in [-0.3, -0.25) is 14.9 Å². The van der Waals surface area contributed by atoms with Crippen LogP contribution in [0.4, 0.5) is 10.1 Å². The van der Waals surface area contributed by atoms with Gasteiger partial charge in [0, 0.05) is 37.3 Å². The van der Waals surface area contributed by atoms with E-state index >= 15 is 0 Å². The number of nitro groups is 1. The average molecular weight is 433 g/mol. The fourth-order valence-electron chi connectivity index (χ4n) is 3.18. The lowest BCUT2D eigenvalue weighted by atomic mass is 10.1. The number of hydrogen-bond donors (Lipinski definition) is 1. The zero-order valence-electron chi connectivity index (χ0n) is 15.9. The summed E-state index contributed by atoms with van der Waals surface area (Å²) >= 11 is 0. The highest BCUT2D eigenvalue weighted by atomic mass is 32.2. The molecule has 1 saturated heterocycles. The molecule has 2 aromatic rings. The van der Waals surface area contributed by atoms with E-state index in [1.165, 1.54) is 47.4 Å². The average Bonchev–Trinajstić information content (AvgIpc) is 2.72. The summed E-state index contributed by atoms with van der Waals surface area (Å²) in [7, 11) is -3.90. The third-order valence-electron chi connectivity index (χ3n) is 4.68. The summed E-state index contributed by atoms with van der Waals surface area (Å²) in [5.41, 5.74) is 0.595. The van der Waals surface area contributed by atoms with E-state index in [1.54, 1.807) is 6.08 Å². The number of nitro benzene ring substituents is 1. The van der Waals surface area contributed by atoms with Crippen LogP contribution < -0.4 is 4.72 Å². The summed E-state index contributed by atoms with van der Waals surface area (Å²) in [5.74, 6) is -0.933. The molecule has 0 spiro atoms. The minimum atomic E-state index is -3.90. The van der Waals surface area contributed by atoms with Crippen LogP contribution >= 0.6 is 0 Å². The molecule has 1 heterocycles. The number of halogens is 1. The molecule has 10 heteroatoms. The smallest absolute Gasteiger partial charge is 0.269 e. The summed E-state index contributed by atoms with van der Waals surface area (Å²) in [6, 6.07) is 10.0. The highest BCUT2D eigenvalue weighted by Gasteiger charge is 2.27. The first-order valence-electron chi connectivity index (χ1n) is 9.24. The van der Waals surface area contributed by atoms with Crippen LogP contribution in [0, 0.1) is 15.9 Å². The minimum Gasteiger partial charge on any atom is -0.338 e. The van der Waals surface area contributed by atoms with Gasteiger partial charge in [-0.05, 0) is 54.8 Å². The molecule has 0 bridgehead atoms. The second-order valence-electron chi connectivity index (χ2n) is 6.88. The van der Waals surface area contributed by atoms with E-state index in [0.29, 0.717) is 24.9 Å². The number of nitrogens with one attached hydrogen (secondary N) is 1. The molecule has 2 aromatic carbocycles. The Bertz CT molecular complexity index is 1070. The molecule has 8 nitrogen and oxygen atoms in total. The molecule has 1 unspecified atom stereocenters. The number of non-ortho nitro benzene ring substituents is 1. The summed E-state index contributed by atoms with van der Waals surface area (Å²) in [6.07, 6.45) is 4.08. The third-order valence-corrected chi connectivity index (χ3v) is 6.20.